The van der Waals surface area contributed by atoms with Gasteiger partial charge in [0.15, 0.2) is 0 Å². The van der Waals surface area contributed by atoms with Crippen molar-refractivity contribution in [3.63, 3.8) is 0 Å². The zero-order chi connectivity index (χ0) is 15.1. The lowest BCUT2D eigenvalue weighted by Gasteiger charge is -2.37. The molecule has 0 spiro atoms. The van der Waals surface area contributed by atoms with Crippen molar-refractivity contribution in [3.05, 3.63) is 22.2 Å². The number of piperazine rings is 1. The standard InChI is InChI=1S/C13H20BrN3O2S/c1-9-8-16(3)4-5-17(9)20(18,19)13-7-11(14)6-12(15)10(13)2/h6-7,9H,4-5,8,15H2,1-3H3. The highest BCUT2D eigenvalue weighted by Gasteiger charge is 2.34. The zero-order valence-electron chi connectivity index (χ0n) is 11.9. The number of likely N-dealkylation sites (N-methyl/N-ethyl adjacent to an activating group) is 1. The van der Waals surface area contributed by atoms with Crippen LogP contribution >= 0.6 is 15.9 Å². The van der Waals surface area contributed by atoms with E-state index in [0.717, 1.165) is 13.1 Å². The van der Waals surface area contributed by atoms with Gasteiger partial charge in [-0.2, -0.15) is 4.31 Å². The van der Waals surface area contributed by atoms with Gasteiger partial charge >= 0.3 is 0 Å². The molecule has 1 atom stereocenters. The number of rotatable bonds is 2. The summed E-state index contributed by atoms with van der Waals surface area (Å²) in [6.07, 6.45) is 0. The lowest BCUT2D eigenvalue weighted by atomic mass is 10.2. The summed E-state index contributed by atoms with van der Waals surface area (Å²) < 4.78 is 28.0. The molecular formula is C13H20BrN3O2S. The van der Waals surface area contributed by atoms with E-state index >= 15 is 0 Å². The molecule has 2 N–H and O–H groups in total. The van der Waals surface area contributed by atoms with Crippen LogP contribution in [0.5, 0.6) is 0 Å². The maximum absolute atomic E-state index is 12.9. The van der Waals surface area contributed by atoms with E-state index in [-0.39, 0.29) is 6.04 Å². The lowest BCUT2D eigenvalue weighted by molar-refractivity contribution is 0.170. The first kappa shape index (κ1) is 15.8. The molecule has 1 fully saturated rings. The Morgan fingerprint density at radius 3 is 2.60 bits per heavy atom. The molecule has 112 valence electrons. The first-order valence-electron chi connectivity index (χ1n) is 6.49. The van der Waals surface area contributed by atoms with Gasteiger partial charge in [-0.15, -0.1) is 0 Å². The second-order valence-corrected chi connectivity index (χ2v) is 8.12. The summed E-state index contributed by atoms with van der Waals surface area (Å²) in [6.45, 7) is 5.67. The molecule has 1 heterocycles. The minimum atomic E-state index is -3.51. The second kappa shape index (κ2) is 5.63. The number of halogens is 1. The van der Waals surface area contributed by atoms with Crippen LogP contribution in [0.3, 0.4) is 0 Å². The maximum atomic E-state index is 12.9. The predicted molar refractivity (Wildman–Crippen MR) is 84.1 cm³/mol. The fraction of sp³-hybridized carbons (Fsp3) is 0.538. The minimum Gasteiger partial charge on any atom is -0.398 e. The Bertz CT molecular complexity index is 618. The fourth-order valence-electron chi connectivity index (χ4n) is 2.55. The summed E-state index contributed by atoms with van der Waals surface area (Å²) in [7, 11) is -1.51. The summed E-state index contributed by atoms with van der Waals surface area (Å²) in [6, 6.07) is 3.31. The van der Waals surface area contributed by atoms with Gasteiger partial charge in [0.1, 0.15) is 0 Å². The highest BCUT2D eigenvalue weighted by molar-refractivity contribution is 9.10. The van der Waals surface area contributed by atoms with Gasteiger partial charge in [0.2, 0.25) is 10.0 Å². The van der Waals surface area contributed by atoms with Crippen LogP contribution in [0.15, 0.2) is 21.5 Å². The van der Waals surface area contributed by atoms with E-state index in [9.17, 15) is 8.42 Å². The maximum Gasteiger partial charge on any atom is 0.243 e. The summed E-state index contributed by atoms with van der Waals surface area (Å²) >= 11 is 3.32. The molecule has 2 rings (SSSR count). The quantitative estimate of drug-likeness (QED) is 0.813. The van der Waals surface area contributed by atoms with E-state index < -0.39 is 10.0 Å². The van der Waals surface area contributed by atoms with Crippen molar-refractivity contribution in [2.75, 3.05) is 32.4 Å². The highest BCUT2D eigenvalue weighted by atomic mass is 79.9. The summed E-state index contributed by atoms with van der Waals surface area (Å²) in [5.41, 5.74) is 6.98. The van der Waals surface area contributed by atoms with Crippen molar-refractivity contribution in [3.8, 4) is 0 Å². The van der Waals surface area contributed by atoms with Crippen LogP contribution < -0.4 is 5.73 Å². The number of hydrogen-bond acceptors (Lipinski definition) is 4. The topological polar surface area (TPSA) is 66.6 Å². The molecule has 1 aromatic rings. The third-order valence-corrected chi connectivity index (χ3v) is 6.32. The Hall–Kier alpha value is -0.630. The molecule has 1 saturated heterocycles. The van der Waals surface area contributed by atoms with Gasteiger partial charge in [-0.05, 0) is 38.6 Å². The molecule has 1 unspecified atom stereocenters. The van der Waals surface area contributed by atoms with Crippen molar-refractivity contribution in [1.29, 1.82) is 0 Å². The van der Waals surface area contributed by atoms with Crippen LogP contribution in [0.1, 0.15) is 12.5 Å². The molecule has 5 nitrogen and oxygen atoms in total. The molecule has 1 aromatic carbocycles. The molecule has 1 aliphatic rings. The number of nitrogen functional groups attached to an aromatic ring is 1. The molecule has 7 heteroatoms. The SMILES string of the molecule is Cc1c(N)cc(Br)cc1S(=O)(=O)N1CCN(C)CC1C. The number of nitrogens with two attached hydrogens (primary N) is 1. The van der Waals surface area contributed by atoms with E-state index in [4.69, 9.17) is 5.73 Å². The van der Waals surface area contributed by atoms with Gasteiger partial charge in [-0.25, -0.2) is 8.42 Å². The van der Waals surface area contributed by atoms with E-state index in [2.05, 4.69) is 20.8 Å². The zero-order valence-corrected chi connectivity index (χ0v) is 14.3. The highest BCUT2D eigenvalue weighted by Crippen LogP contribution is 2.30. The molecule has 0 bridgehead atoms. The predicted octanol–water partition coefficient (Wildman–Crippen LogP) is 1.66. The van der Waals surface area contributed by atoms with E-state index in [1.807, 2.05) is 14.0 Å². The van der Waals surface area contributed by atoms with Gasteiger partial charge in [-0.3, -0.25) is 0 Å². The minimum absolute atomic E-state index is 0.0432. The monoisotopic (exact) mass is 361 g/mol. The van der Waals surface area contributed by atoms with Crippen LogP contribution in [0.4, 0.5) is 5.69 Å². The smallest absolute Gasteiger partial charge is 0.243 e. The van der Waals surface area contributed by atoms with Crippen LogP contribution in [-0.2, 0) is 10.0 Å². The Balaban J connectivity index is 2.46. The summed E-state index contributed by atoms with van der Waals surface area (Å²) in [5, 5.41) is 0. The Morgan fingerprint density at radius 1 is 1.35 bits per heavy atom. The number of benzene rings is 1. The normalized spacial score (nSPS) is 22.1. The lowest BCUT2D eigenvalue weighted by Crippen LogP contribution is -2.52. The third kappa shape index (κ3) is 2.86. The third-order valence-electron chi connectivity index (χ3n) is 3.72. The number of sulfonamides is 1. The van der Waals surface area contributed by atoms with Crippen molar-refractivity contribution in [2.24, 2.45) is 0 Å². The molecule has 0 aromatic heterocycles. The molecule has 20 heavy (non-hydrogen) atoms. The summed E-state index contributed by atoms with van der Waals surface area (Å²) in [4.78, 5) is 2.43. The Kier molecular flexibility index (Phi) is 4.44. The van der Waals surface area contributed by atoms with Crippen molar-refractivity contribution in [1.82, 2.24) is 9.21 Å². The largest absolute Gasteiger partial charge is 0.398 e. The average molecular weight is 362 g/mol. The first-order chi connectivity index (χ1) is 9.23. The van der Waals surface area contributed by atoms with Crippen molar-refractivity contribution >= 4 is 31.6 Å². The first-order valence-corrected chi connectivity index (χ1v) is 8.73. The van der Waals surface area contributed by atoms with Crippen LogP contribution in [0, 0.1) is 6.92 Å². The fourth-order valence-corrected chi connectivity index (χ4v) is 5.07. The van der Waals surface area contributed by atoms with Crippen molar-refractivity contribution < 1.29 is 8.42 Å². The Morgan fingerprint density at radius 2 is 2.00 bits per heavy atom. The van der Waals surface area contributed by atoms with Gasteiger partial charge in [0.05, 0.1) is 4.90 Å². The Labute approximate surface area is 128 Å². The molecule has 1 aliphatic heterocycles. The molecule has 0 amide bonds. The second-order valence-electron chi connectivity index (χ2n) is 5.35. The van der Waals surface area contributed by atoms with Gasteiger partial charge in [0, 0.05) is 35.8 Å². The van der Waals surface area contributed by atoms with E-state index in [1.54, 1.807) is 23.4 Å². The number of hydrogen-bond donors (Lipinski definition) is 1. The van der Waals surface area contributed by atoms with Gasteiger partial charge < -0.3 is 10.6 Å². The molecule has 0 radical (unpaired) electrons. The van der Waals surface area contributed by atoms with Gasteiger partial charge in [0.25, 0.3) is 0 Å². The average Bonchev–Trinajstić information content (AvgIpc) is 2.33. The summed E-state index contributed by atoms with van der Waals surface area (Å²) in [5.74, 6) is 0. The van der Waals surface area contributed by atoms with Gasteiger partial charge in [-0.1, -0.05) is 15.9 Å². The van der Waals surface area contributed by atoms with Crippen molar-refractivity contribution in [2.45, 2.75) is 24.8 Å². The molecular weight excluding hydrogens is 342 g/mol. The molecule has 0 saturated carbocycles. The van der Waals surface area contributed by atoms with Crippen LogP contribution in [-0.4, -0.2) is 50.3 Å². The molecule has 0 aliphatic carbocycles. The van der Waals surface area contributed by atoms with E-state index in [1.165, 1.54) is 0 Å². The number of nitrogens with zero attached hydrogens (tertiary/aromatic N) is 2. The van der Waals surface area contributed by atoms with Crippen LogP contribution in [0.25, 0.3) is 0 Å². The number of anilines is 1. The van der Waals surface area contributed by atoms with Crippen LogP contribution in [0.2, 0.25) is 0 Å². The van der Waals surface area contributed by atoms with E-state index in [0.29, 0.717) is 27.2 Å².